The van der Waals surface area contributed by atoms with Crippen molar-refractivity contribution < 1.29 is 4.74 Å². The van der Waals surface area contributed by atoms with Gasteiger partial charge in [-0.3, -0.25) is 9.67 Å². The summed E-state index contributed by atoms with van der Waals surface area (Å²) in [4.78, 5) is 8.17. The van der Waals surface area contributed by atoms with Gasteiger partial charge in [-0.25, -0.2) is 4.68 Å². The summed E-state index contributed by atoms with van der Waals surface area (Å²) in [6.45, 7) is 7.23. The first-order chi connectivity index (χ1) is 18.8. The van der Waals surface area contributed by atoms with Crippen molar-refractivity contribution in [2.24, 2.45) is 25.1 Å². The van der Waals surface area contributed by atoms with Gasteiger partial charge in [-0.15, -0.1) is 5.10 Å². The molecule has 11 heteroatoms. The number of ether oxygens (including phenoxy) is 1. The normalized spacial score (nSPS) is 15.6. The summed E-state index contributed by atoms with van der Waals surface area (Å²) in [7, 11) is 3.83. The van der Waals surface area contributed by atoms with E-state index in [9.17, 15) is 5.53 Å². The highest BCUT2D eigenvalue weighted by atomic mass is 16.5. The maximum atomic E-state index is 9.41. The van der Waals surface area contributed by atoms with Gasteiger partial charge in [0.05, 0.1) is 39.7 Å². The van der Waals surface area contributed by atoms with Gasteiger partial charge in [-0.2, -0.15) is 5.10 Å². The second-order valence-electron chi connectivity index (χ2n) is 10.8. The molecule has 1 aromatic carbocycles. The molecule has 1 aliphatic rings. The highest BCUT2D eigenvalue weighted by molar-refractivity contribution is 6.06. The van der Waals surface area contributed by atoms with E-state index in [1.54, 1.807) is 4.68 Å². The lowest BCUT2D eigenvalue weighted by Gasteiger charge is -2.33. The monoisotopic (exact) mass is 524 g/mol. The van der Waals surface area contributed by atoms with Crippen molar-refractivity contribution in [3.63, 3.8) is 0 Å². The molecular weight excluding hydrogens is 492 g/mol. The average Bonchev–Trinajstić information content (AvgIpc) is 3.57. The number of benzene rings is 1. The fraction of sp³-hybridized carbons (Fsp3) is 0.429. The molecule has 6 rings (SSSR count). The summed E-state index contributed by atoms with van der Waals surface area (Å²) in [5, 5.41) is 17.6. The fourth-order valence-corrected chi connectivity index (χ4v) is 6.11. The minimum Gasteiger partial charge on any atom is -0.381 e. The second-order valence-corrected chi connectivity index (χ2v) is 10.8. The van der Waals surface area contributed by atoms with Crippen molar-refractivity contribution in [3.05, 3.63) is 70.0 Å². The van der Waals surface area contributed by atoms with E-state index in [1.807, 2.05) is 51.8 Å². The third kappa shape index (κ3) is 4.05. The van der Waals surface area contributed by atoms with Gasteiger partial charge in [0, 0.05) is 44.0 Å². The maximum Gasteiger partial charge on any atom is 0.114 e. The maximum absolute atomic E-state index is 9.41. The molecule has 0 amide bonds. The Morgan fingerprint density at radius 3 is 2.51 bits per heavy atom. The van der Waals surface area contributed by atoms with Crippen LogP contribution in [0.1, 0.15) is 49.7 Å². The number of aromatic nitrogens is 7. The first-order valence-electron chi connectivity index (χ1n) is 13.2. The number of azide groups is 1. The minimum absolute atomic E-state index is 0.00252. The van der Waals surface area contributed by atoms with Gasteiger partial charge in [-0.1, -0.05) is 40.7 Å². The van der Waals surface area contributed by atoms with Gasteiger partial charge < -0.3 is 9.30 Å². The van der Waals surface area contributed by atoms with Crippen LogP contribution in [0.5, 0.6) is 0 Å². The van der Waals surface area contributed by atoms with E-state index in [0.29, 0.717) is 5.92 Å². The molecule has 11 nitrogen and oxygen atoms in total. The molecule has 0 radical (unpaired) electrons. The van der Waals surface area contributed by atoms with Gasteiger partial charge in [0.2, 0.25) is 0 Å². The largest absolute Gasteiger partial charge is 0.381 e. The number of rotatable bonds is 6. The number of aryl methyl sites for hydroxylation is 3. The topological polar surface area (TPSA) is 124 Å². The zero-order chi connectivity index (χ0) is 27.3. The lowest BCUT2D eigenvalue weighted by atomic mass is 9.86. The summed E-state index contributed by atoms with van der Waals surface area (Å²) in [5.41, 5.74) is 16.9. The first-order valence-corrected chi connectivity index (χ1v) is 13.2. The van der Waals surface area contributed by atoms with Crippen LogP contribution in [0.3, 0.4) is 0 Å². The molecule has 1 atom stereocenters. The molecular formula is C28H32N10O. The van der Waals surface area contributed by atoms with E-state index >= 15 is 0 Å². The van der Waals surface area contributed by atoms with Crippen molar-refractivity contribution in [2.45, 2.75) is 45.2 Å². The van der Waals surface area contributed by atoms with Gasteiger partial charge in [0.1, 0.15) is 11.0 Å². The van der Waals surface area contributed by atoms with Crippen LogP contribution in [0.15, 0.2) is 47.7 Å². The van der Waals surface area contributed by atoms with E-state index < -0.39 is 5.54 Å². The fourth-order valence-electron chi connectivity index (χ4n) is 6.11. The number of pyridine rings is 1. The third-order valence-electron chi connectivity index (χ3n) is 7.89. The van der Waals surface area contributed by atoms with Crippen LogP contribution < -0.4 is 0 Å². The molecule has 39 heavy (non-hydrogen) atoms. The Hall–Kier alpha value is -4.21. The van der Waals surface area contributed by atoms with E-state index in [-0.39, 0.29) is 6.04 Å². The Bertz CT molecular complexity index is 1700. The standard InChI is InChI=1S/C28H32N10O/c1-17-23(37(5)35-31-17)20-15-21-22(30-16-20)25-26(27(32-36(25)4)28(2,3)33-34-29)38(21)24(18-9-7-6-8-10-18)19-11-13-39-14-12-19/h6-10,15-16,19,24H,11-14H2,1-5H3. The highest BCUT2D eigenvalue weighted by Crippen LogP contribution is 2.44. The van der Waals surface area contributed by atoms with Crippen LogP contribution in [0.25, 0.3) is 43.8 Å². The predicted molar refractivity (Wildman–Crippen MR) is 149 cm³/mol. The number of hydrogen-bond donors (Lipinski definition) is 0. The van der Waals surface area contributed by atoms with E-state index in [1.165, 1.54) is 5.56 Å². The number of nitrogens with zero attached hydrogens (tertiary/aromatic N) is 10. The van der Waals surface area contributed by atoms with Crippen molar-refractivity contribution >= 4 is 22.1 Å². The molecule has 0 aliphatic carbocycles. The van der Waals surface area contributed by atoms with Crippen molar-refractivity contribution in [1.82, 2.24) is 34.3 Å². The Morgan fingerprint density at radius 1 is 1.10 bits per heavy atom. The number of hydrogen-bond acceptors (Lipinski definition) is 6. The van der Waals surface area contributed by atoms with Crippen molar-refractivity contribution in [1.29, 1.82) is 0 Å². The molecule has 0 N–H and O–H groups in total. The Morgan fingerprint density at radius 2 is 1.85 bits per heavy atom. The van der Waals surface area contributed by atoms with Gasteiger partial charge in [0.25, 0.3) is 0 Å². The van der Waals surface area contributed by atoms with E-state index in [4.69, 9.17) is 14.8 Å². The smallest absolute Gasteiger partial charge is 0.114 e. The van der Waals surface area contributed by atoms with Crippen LogP contribution in [0.2, 0.25) is 0 Å². The van der Waals surface area contributed by atoms with Gasteiger partial charge in [-0.05, 0) is 56.7 Å². The molecule has 1 saturated heterocycles. The molecule has 1 aliphatic heterocycles. The Balaban J connectivity index is 1.75. The summed E-state index contributed by atoms with van der Waals surface area (Å²) in [6.07, 6.45) is 3.76. The molecule has 1 fully saturated rings. The SMILES string of the molecule is Cc1nnn(C)c1-c1cnc2c3c(c(C(C)(C)N=[N+]=[N-])nn3C)n(C(c3ccccc3)C3CCOCC3)c2c1. The highest BCUT2D eigenvalue weighted by Gasteiger charge is 2.36. The minimum atomic E-state index is -0.872. The van der Waals surface area contributed by atoms with E-state index in [2.05, 4.69) is 55.2 Å². The van der Waals surface area contributed by atoms with E-state index in [0.717, 1.165) is 70.8 Å². The lowest BCUT2D eigenvalue weighted by molar-refractivity contribution is 0.0552. The van der Waals surface area contributed by atoms with Gasteiger partial charge >= 0.3 is 0 Å². The van der Waals surface area contributed by atoms with Crippen molar-refractivity contribution in [3.8, 4) is 11.3 Å². The molecule has 4 aromatic heterocycles. The zero-order valence-corrected chi connectivity index (χ0v) is 22.9. The second kappa shape index (κ2) is 9.52. The Labute approximate surface area is 226 Å². The molecule has 1 unspecified atom stereocenters. The molecule has 5 aromatic rings. The van der Waals surface area contributed by atoms with Gasteiger partial charge in [0.15, 0.2) is 0 Å². The molecule has 0 spiro atoms. The quantitative estimate of drug-likeness (QED) is 0.163. The summed E-state index contributed by atoms with van der Waals surface area (Å²) < 4.78 is 11.8. The third-order valence-corrected chi connectivity index (χ3v) is 7.89. The number of fused-ring (bicyclic) bond motifs is 3. The lowest BCUT2D eigenvalue weighted by Crippen LogP contribution is -2.27. The van der Waals surface area contributed by atoms with Crippen LogP contribution in [-0.4, -0.2) is 47.5 Å². The summed E-state index contributed by atoms with van der Waals surface area (Å²) in [5.74, 6) is 0.333. The molecule has 200 valence electrons. The Kier molecular flexibility index (Phi) is 6.12. The van der Waals surface area contributed by atoms with Crippen LogP contribution >= 0.6 is 0 Å². The van der Waals surface area contributed by atoms with Crippen LogP contribution in [-0.2, 0) is 24.4 Å². The van der Waals surface area contributed by atoms with Crippen molar-refractivity contribution in [2.75, 3.05) is 13.2 Å². The predicted octanol–water partition coefficient (Wildman–Crippen LogP) is 5.59. The zero-order valence-electron chi connectivity index (χ0n) is 22.9. The average molecular weight is 525 g/mol. The van der Waals surface area contributed by atoms with Crippen LogP contribution in [0.4, 0.5) is 0 Å². The van der Waals surface area contributed by atoms with Crippen LogP contribution in [0, 0.1) is 12.8 Å². The molecule has 0 saturated carbocycles. The molecule has 5 heterocycles. The molecule has 0 bridgehead atoms. The first kappa shape index (κ1) is 25.1. The summed E-state index contributed by atoms with van der Waals surface area (Å²) in [6, 6.07) is 12.8. The summed E-state index contributed by atoms with van der Waals surface area (Å²) >= 11 is 0.